The Kier molecular flexibility index (Phi) is 8.23. The highest BCUT2D eigenvalue weighted by atomic mass is 19.1. The van der Waals surface area contributed by atoms with Crippen LogP contribution >= 0.6 is 0 Å². The quantitative estimate of drug-likeness (QED) is 0.147. The molecule has 3 aromatic heterocycles. The van der Waals surface area contributed by atoms with Crippen LogP contribution in [-0.2, 0) is 18.4 Å². The van der Waals surface area contributed by atoms with Crippen LogP contribution in [-0.4, -0.2) is 80.8 Å². The van der Waals surface area contributed by atoms with Gasteiger partial charge in [-0.1, -0.05) is 32.8 Å². The van der Waals surface area contributed by atoms with E-state index < -0.39 is 34.6 Å². The number of aromatic nitrogens is 3. The summed E-state index contributed by atoms with van der Waals surface area (Å²) in [5.41, 5.74) is 6.64. The fourth-order valence-electron chi connectivity index (χ4n) is 10.7. The smallest absolute Gasteiger partial charge is 0.461 e. The lowest BCUT2D eigenvalue weighted by atomic mass is 9.91. The lowest BCUT2D eigenvalue weighted by Gasteiger charge is -2.47. The number of fused-ring (bicyclic) bond motifs is 7. The fourth-order valence-corrected chi connectivity index (χ4v) is 10.7. The molecule has 5 aliphatic heterocycles. The average Bonchev–Trinajstić information content (AvgIpc) is 3.87. The molecule has 4 saturated heterocycles. The Labute approximate surface area is 327 Å². The van der Waals surface area contributed by atoms with Crippen molar-refractivity contribution < 1.29 is 26.7 Å². The minimum atomic E-state index is -0.947. The number of nitrogens with zero attached hydrogens (tertiary/aromatic N) is 6. The summed E-state index contributed by atoms with van der Waals surface area (Å²) < 4.78 is 65.1. The molecule has 2 bridgehead atoms. The second-order valence-corrected chi connectivity index (χ2v) is 17.6. The van der Waals surface area contributed by atoms with E-state index >= 15 is 8.78 Å². The minimum absolute atomic E-state index is 0.00115. The Morgan fingerprint density at radius 1 is 1.07 bits per heavy atom. The predicted molar refractivity (Wildman–Crippen MR) is 209 cm³/mol. The van der Waals surface area contributed by atoms with Gasteiger partial charge >= 0.3 is 11.8 Å². The Hall–Kier alpha value is -5.13. The van der Waals surface area contributed by atoms with Gasteiger partial charge in [0.25, 0.3) is 0 Å². The summed E-state index contributed by atoms with van der Waals surface area (Å²) in [4.78, 5) is 34.0. The Morgan fingerprint density at radius 2 is 1.91 bits per heavy atom. The Morgan fingerprint density at radius 3 is 2.72 bits per heavy atom. The van der Waals surface area contributed by atoms with Crippen molar-refractivity contribution in [1.29, 1.82) is 0 Å². The van der Waals surface area contributed by atoms with Gasteiger partial charge in [0, 0.05) is 59.7 Å². The lowest BCUT2D eigenvalue weighted by molar-refractivity contribution is 0.106. The molecule has 2 aromatic carbocycles. The van der Waals surface area contributed by atoms with Crippen LogP contribution in [0.3, 0.4) is 0 Å². The summed E-state index contributed by atoms with van der Waals surface area (Å²) in [6, 6.07) is 6.16. The van der Waals surface area contributed by atoms with Gasteiger partial charge in [-0.15, -0.1) is 6.42 Å². The number of terminal acetylenes is 1. The number of benzene rings is 2. The van der Waals surface area contributed by atoms with Crippen LogP contribution in [0.1, 0.15) is 82.1 Å². The van der Waals surface area contributed by atoms with Gasteiger partial charge < -0.3 is 24.2 Å². The SMILES string of the molecule is C#Cc1c(F)ccc2cc(N)cc(-c3nc4c5c(nc(OC[C@@]67CCCN6C[C@H](F)C7)nc5c3F)N3C[C@H]5CC[C@@H]([C@H]3CC4)N5Cc3oc(=O)oc3C(C)(C)C)c12. The highest BCUT2D eigenvalue weighted by Crippen LogP contribution is 2.47. The van der Waals surface area contributed by atoms with Crippen molar-refractivity contribution in [2.45, 2.75) is 108 Å². The van der Waals surface area contributed by atoms with Crippen molar-refractivity contribution in [2.24, 2.45) is 0 Å². The summed E-state index contributed by atoms with van der Waals surface area (Å²) in [5, 5.41) is 1.38. The molecule has 5 aliphatic rings. The van der Waals surface area contributed by atoms with E-state index in [-0.39, 0.29) is 53.1 Å². The summed E-state index contributed by atoms with van der Waals surface area (Å²) in [6.45, 7) is 8.29. The van der Waals surface area contributed by atoms with Crippen molar-refractivity contribution in [1.82, 2.24) is 24.8 Å². The van der Waals surface area contributed by atoms with Gasteiger partial charge in [0.15, 0.2) is 17.3 Å². The fraction of sp³-hybridized carbons (Fsp3) is 0.488. The molecular formula is C43H44F3N7O4. The number of rotatable bonds is 6. The summed E-state index contributed by atoms with van der Waals surface area (Å²) in [5.74, 6) is 2.01. The normalized spacial score (nSPS) is 25.9. The Bertz CT molecular complexity index is 2580. The van der Waals surface area contributed by atoms with Crippen LogP contribution in [0, 0.1) is 24.0 Å². The number of aryl methyl sites for hydroxylation is 1. The summed E-state index contributed by atoms with van der Waals surface area (Å²) >= 11 is 0. The molecule has 0 amide bonds. The molecule has 0 spiro atoms. The van der Waals surface area contributed by atoms with Crippen LogP contribution < -0.4 is 21.2 Å². The maximum atomic E-state index is 17.5. The molecule has 10 rings (SSSR count). The van der Waals surface area contributed by atoms with Crippen molar-refractivity contribution in [3.8, 4) is 29.6 Å². The lowest BCUT2D eigenvalue weighted by Crippen LogP contribution is -2.59. The highest BCUT2D eigenvalue weighted by Gasteiger charge is 2.51. The zero-order valence-electron chi connectivity index (χ0n) is 32.2. The zero-order chi connectivity index (χ0) is 39.5. The van der Waals surface area contributed by atoms with Gasteiger partial charge in [-0.2, -0.15) is 9.97 Å². The Balaban J connectivity index is 1.11. The number of nitrogen functional groups attached to an aromatic ring is 1. The first-order chi connectivity index (χ1) is 27.3. The number of ether oxygens (including phenoxy) is 1. The number of hydrogen-bond acceptors (Lipinski definition) is 11. The zero-order valence-corrected chi connectivity index (χ0v) is 32.2. The third-order valence-corrected chi connectivity index (χ3v) is 13.1. The second kappa shape index (κ2) is 12.9. The standard InChI is InChI=1S/C43H44F3N7O4/c1-5-26-28(45)9-7-22-15-24(47)16-27(33(22)26)36-35(46)37-34-29(48-36)10-12-31-30-11-8-25(52(30)20-32-38(42(2,3)4)57-41(54)56-32)19-53(31)39(34)50-40(49-37)55-21-43-13-6-14-51(43)18-23(44)17-43/h1,7,9,15-16,23,25,30-31H,6,8,10-14,17-21,47H2,2-4H3/t23-,25-,30+,31-,43+/m1/s1. The van der Waals surface area contributed by atoms with Gasteiger partial charge in [0.2, 0.25) is 0 Å². The monoisotopic (exact) mass is 779 g/mol. The topological polar surface area (TPSA) is 127 Å². The van der Waals surface area contributed by atoms with Crippen LogP contribution in [0.5, 0.6) is 6.01 Å². The van der Waals surface area contributed by atoms with Crippen LogP contribution in [0.25, 0.3) is 32.9 Å². The maximum Gasteiger partial charge on any atom is 0.519 e. The number of nitrogens with two attached hydrogens (primary N) is 1. The first kappa shape index (κ1) is 36.2. The average molecular weight is 780 g/mol. The second-order valence-electron chi connectivity index (χ2n) is 17.6. The number of alkyl halides is 1. The summed E-state index contributed by atoms with van der Waals surface area (Å²) in [7, 11) is 0. The maximum absolute atomic E-state index is 17.5. The van der Waals surface area contributed by atoms with Gasteiger partial charge in [-0.25, -0.2) is 22.9 Å². The van der Waals surface area contributed by atoms with Crippen molar-refractivity contribution in [3.63, 3.8) is 0 Å². The highest BCUT2D eigenvalue weighted by molar-refractivity contribution is 6.04. The third-order valence-electron chi connectivity index (χ3n) is 13.1. The van der Waals surface area contributed by atoms with Crippen LogP contribution in [0.4, 0.5) is 24.7 Å². The molecule has 11 nitrogen and oxygen atoms in total. The molecule has 2 N–H and O–H groups in total. The van der Waals surface area contributed by atoms with Gasteiger partial charge in [-0.3, -0.25) is 9.80 Å². The molecular weight excluding hydrogens is 736 g/mol. The van der Waals surface area contributed by atoms with Crippen molar-refractivity contribution >= 4 is 33.2 Å². The third kappa shape index (κ3) is 5.71. The predicted octanol–water partition coefficient (Wildman–Crippen LogP) is 6.65. The number of pyridine rings is 1. The van der Waals surface area contributed by atoms with E-state index in [1.807, 2.05) is 20.8 Å². The molecule has 0 aliphatic carbocycles. The number of piperazine rings is 1. The minimum Gasteiger partial charge on any atom is -0.461 e. The van der Waals surface area contributed by atoms with E-state index in [2.05, 4.69) is 20.6 Å². The first-order valence-corrected chi connectivity index (χ1v) is 19.9. The molecule has 296 valence electrons. The molecule has 5 atom stereocenters. The molecule has 5 aromatic rings. The molecule has 57 heavy (non-hydrogen) atoms. The van der Waals surface area contributed by atoms with Crippen molar-refractivity contribution in [2.75, 3.05) is 36.9 Å². The van der Waals surface area contributed by atoms with Crippen LogP contribution in [0.15, 0.2) is 37.9 Å². The molecule has 8 heterocycles. The van der Waals surface area contributed by atoms with Gasteiger partial charge in [0.1, 0.15) is 35.6 Å². The van der Waals surface area contributed by atoms with Gasteiger partial charge in [-0.05, 0) is 68.7 Å². The number of anilines is 2. The van der Waals surface area contributed by atoms with E-state index in [9.17, 15) is 9.18 Å². The van der Waals surface area contributed by atoms with E-state index in [4.69, 9.17) is 40.7 Å². The molecule has 0 radical (unpaired) electrons. The van der Waals surface area contributed by atoms with Crippen LogP contribution in [0.2, 0.25) is 0 Å². The number of hydrogen-bond donors (Lipinski definition) is 1. The van der Waals surface area contributed by atoms with E-state index in [1.165, 1.54) is 6.07 Å². The molecule has 4 fully saturated rings. The summed E-state index contributed by atoms with van der Waals surface area (Å²) in [6.07, 6.45) is 9.93. The number of halogens is 3. The molecule has 0 saturated carbocycles. The molecule has 0 unspecified atom stereocenters. The van der Waals surface area contributed by atoms with E-state index in [0.717, 1.165) is 32.2 Å². The van der Waals surface area contributed by atoms with E-state index in [0.29, 0.717) is 83.8 Å². The van der Waals surface area contributed by atoms with Crippen molar-refractivity contribution in [3.05, 3.63) is 69.3 Å². The first-order valence-electron chi connectivity index (χ1n) is 19.9. The molecule has 14 heteroatoms. The largest absolute Gasteiger partial charge is 0.519 e. The van der Waals surface area contributed by atoms with Gasteiger partial charge in [0.05, 0.1) is 28.7 Å². The van der Waals surface area contributed by atoms with E-state index in [1.54, 1.807) is 18.2 Å².